The van der Waals surface area contributed by atoms with Gasteiger partial charge in [0.05, 0.1) is 26.3 Å². The Morgan fingerprint density at radius 1 is 1.14 bits per heavy atom. The van der Waals surface area contributed by atoms with Crippen LogP contribution in [-0.4, -0.2) is 64.7 Å². The maximum atomic E-state index is 13.8. The van der Waals surface area contributed by atoms with Crippen molar-refractivity contribution in [1.29, 1.82) is 0 Å². The van der Waals surface area contributed by atoms with E-state index in [2.05, 4.69) is 72.5 Å². The van der Waals surface area contributed by atoms with Crippen LogP contribution in [-0.2, 0) is 13.1 Å². The number of carbonyl (C=O) groups excluding carboxylic acids is 1. The number of hydrogen-bond acceptors (Lipinski definition) is 4. The topological polar surface area (TPSA) is 50.2 Å². The number of allylic oxidation sites excluding steroid dienone is 1. The number of carbonyl (C=O) groups is 1. The average molecular weight is 493 g/mol. The predicted molar refractivity (Wildman–Crippen MR) is 141 cm³/mol. The molecule has 3 aliphatic rings. The molecule has 1 aromatic heterocycles. The zero-order chi connectivity index (χ0) is 25.6. The summed E-state index contributed by atoms with van der Waals surface area (Å²) in [5, 5.41) is 0. The van der Waals surface area contributed by atoms with Crippen molar-refractivity contribution >= 4 is 6.03 Å². The van der Waals surface area contributed by atoms with Gasteiger partial charge in [-0.1, -0.05) is 13.0 Å². The van der Waals surface area contributed by atoms with Crippen LogP contribution in [0.3, 0.4) is 0 Å². The van der Waals surface area contributed by atoms with E-state index in [0.717, 1.165) is 55.1 Å². The quantitative estimate of drug-likeness (QED) is 0.543. The maximum absolute atomic E-state index is 13.8. The minimum Gasteiger partial charge on any atom is -0.497 e. The van der Waals surface area contributed by atoms with Gasteiger partial charge in [0, 0.05) is 67.4 Å². The van der Waals surface area contributed by atoms with Crippen molar-refractivity contribution in [2.75, 3.05) is 33.9 Å². The molecule has 0 N–H and O–H groups in total. The second-order valence-corrected chi connectivity index (χ2v) is 10.7. The third-order valence-electron chi connectivity index (χ3n) is 8.40. The van der Waals surface area contributed by atoms with E-state index in [9.17, 15) is 4.79 Å². The van der Waals surface area contributed by atoms with Crippen LogP contribution in [0, 0.1) is 0 Å². The summed E-state index contributed by atoms with van der Waals surface area (Å²) in [5.41, 5.74) is 4.52. The first kappa shape index (κ1) is 24.8. The van der Waals surface area contributed by atoms with Crippen molar-refractivity contribution in [3.05, 3.63) is 59.1 Å². The Bertz CT molecular complexity index is 1160. The van der Waals surface area contributed by atoms with Gasteiger partial charge in [-0.3, -0.25) is 9.80 Å². The van der Waals surface area contributed by atoms with Crippen molar-refractivity contribution in [3.8, 4) is 11.5 Å². The SMILES string of the molecule is CCN1C(=O)N2Cc3cc(OC)cc(OC)c3[C@@H](C)C=C2C12CCN(Cc1cccn1C(C)C)CC2. The van der Waals surface area contributed by atoms with Gasteiger partial charge < -0.3 is 18.9 Å². The van der Waals surface area contributed by atoms with E-state index in [1.165, 1.54) is 11.4 Å². The number of likely N-dealkylation sites (tertiary alicyclic amines) is 1. The normalized spacial score (nSPS) is 21.5. The highest BCUT2D eigenvalue weighted by atomic mass is 16.5. The summed E-state index contributed by atoms with van der Waals surface area (Å²) in [6, 6.07) is 8.96. The lowest BCUT2D eigenvalue weighted by Crippen LogP contribution is -2.53. The van der Waals surface area contributed by atoms with Crippen LogP contribution in [0.2, 0.25) is 0 Å². The summed E-state index contributed by atoms with van der Waals surface area (Å²) in [7, 11) is 3.38. The Hall–Kier alpha value is -2.93. The molecule has 7 nitrogen and oxygen atoms in total. The summed E-state index contributed by atoms with van der Waals surface area (Å²) >= 11 is 0. The Morgan fingerprint density at radius 2 is 1.89 bits per heavy atom. The summed E-state index contributed by atoms with van der Waals surface area (Å²) in [5.74, 6) is 1.72. The molecule has 2 saturated heterocycles. The molecule has 2 fully saturated rings. The Kier molecular flexibility index (Phi) is 6.54. The number of piperidine rings is 1. The van der Waals surface area contributed by atoms with Crippen LogP contribution in [0.5, 0.6) is 11.5 Å². The average Bonchev–Trinajstić information content (AvgIpc) is 3.36. The fraction of sp³-hybridized carbons (Fsp3) is 0.552. The molecule has 36 heavy (non-hydrogen) atoms. The van der Waals surface area contributed by atoms with Gasteiger partial charge in [0.25, 0.3) is 0 Å². The number of rotatable bonds is 6. The van der Waals surface area contributed by atoms with E-state index in [0.29, 0.717) is 19.1 Å². The smallest absolute Gasteiger partial charge is 0.325 e. The standard InChI is InChI=1S/C29H40N4O3/c1-7-33-28(34)32-18-22-16-24(35-5)17-25(36-6)27(22)21(4)15-26(32)29(33)10-13-30(14-11-29)19-23-9-8-12-31(23)20(2)3/h8-9,12,15-17,20-21H,7,10-11,13-14,18-19H2,1-6H3/t21-/m0/s1. The summed E-state index contributed by atoms with van der Waals surface area (Å²) < 4.78 is 13.7. The van der Waals surface area contributed by atoms with Gasteiger partial charge in [0.15, 0.2) is 0 Å². The highest BCUT2D eigenvalue weighted by Gasteiger charge is 2.54. The lowest BCUT2D eigenvalue weighted by molar-refractivity contribution is 0.0874. The summed E-state index contributed by atoms with van der Waals surface area (Å²) in [6.07, 6.45) is 6.39. The van der Waals surface area contributed by atoms with Crippen molar-refractivity contribution < 1.29 is 14.3 Å². The first-order valence-corrected chi connectivity index (χ1v) is 13.3. The zero-order valence-electron chi connectivity index (χ0n) is 22.6. The molecule has 4 heterocycles. The molecular formula is C29H40N4O3. The van der Waals surface area contributed by atoms with E-state index in [4.69, 9.17) is 9.47 Å². The maximum Gasteiger partial charge on any atom is 0.325 e. The Balaban J connectivity index is 1.45. The molecule has 0 aliphatic carbocycles. The third kappa shape index (κ3) is 3.88. The number of urea groups is 1. The van der Waals surface area contributed by atoms with Crippen molar-refractivity contribution in [2.45, 2.75) is 71.1 Å². The van der Waals surface area contributed by atoms with Gasteiger partial charge in [-0.15, -0.1) is 0 Å². The zero-order valence-corrected chi connectivity index (χ0v) is 22.6. The molecule has 0 unspecified atom stereocenters. The lowest BCUT2D eigenvalue weighted by Gasteiger charge is -2.44. The molecular weight excluding hydrogens is 452 g/mol. The Morgan fingerprint density at radius 3 is 2.53 bits per heavy atom. The molecule has 5 rings (SSSR count). The summed E-state index contributed by atoms with van der Waals surface area (Å²) in [4.78, 5) is 20.5. The number of amides is 2. The fourth-order valence-corrected chi connectivity index (χ4v) is 6.64. The molecule has 1 atom stereocenters. The van der Waals surface area contributed by atoms with Crippen LogP contribution < -0.4 is 9.47 Å². The highest BCUT2D eigenvalue weighted by molar-refractivity contribution is 5.83. The largest absolute Gasteiger partial charge is 0.497 e. The van der Waals surface area contributed by atoms with Crippen LogP contribution in [0.4, 0.5) is 4.79 Å². The second-order valence-electron chi connectivity index (χ2n) is 10.7. The summed E-state index contributed by atoms with van der Waals surface area (Å²) in [6.45, 7) is 12.9. The van der Waals surface area contributed by atoms with Crippen LogP contribution >= 0.6 is 0 Å². The molecule has 1 aromatic carbocycles. The van der Waals surface area contributed by atoms with E-state index >= 15 is 0 Å². The lowest BCUT2D eigenvalue weighted by atomic mass is 9.82. The fourth-order valence-electron chi connectivity index (χ4n) is 6.64. The molecule has 7 heteroatoms. The monoisotopic (exact) mass is 492 g/mol. The number of benzene rings is 1. The van der Waals surface area contributed by atoms with Gasteiger partial charge >= 0.3 is 6.03 Å². The molecule has 194 valence electrons. The van der Waals surface area contributed by atoms with Gasteiger partial charge in [-0.05, 0) is 57.4 Å². The van der Waals surface area contributed by atoms with E-state index in [-0.39, 0.29) is 17.5 Å². The number of methoxy groups -OCH3 is 2. The molecule has 1 spiro atoms. The van der Waals surface area contributed by atoms with Crippen LogP contribution in [0.1, 0.15) is 69.3 Å². The predicted octanol–water partition coefficient (Wildman–Crippen LogP) is 5.38. The van der Waals surface area contributed by atoms with E-state index in [1.807, 2.05) is 11.0 Å². The number of aromatic nitrogens is 1. The minimum absolute atomic E-state index is 0.118. The molecule has 2 aromatic rings. The number of ether oxygens (including phenoxy) is 2. The van der Waals surface area contributed by atoms with Gasteiger partial charge in [-0.2, -0.15) is 0 Å². The first-order chi connectivity index (χ1) is 17.3. The third-order valence-corrected chi connectivity index (χ3v) is 8.40. The highest BCUT2D eigenvalue weighted by Crippen LogP contribution is 2.49. The number of fused-ring (bicyclic) bond motifs is 3. The van der Waals surface area contributed by atoms with Gasteiger partial charge in [0.2, 0.25) is 0 Å². The minimum atomic E-state index is -0.254. The molecule has 0 radical (unpaired) electrons. The number of nitrogens with zero attached hydrogens (tertiary/aromatic N) is 4. The molecule has 2 amide bonds. The van der Waals surface area contributed by atoms with Crippen LogP contribution in [0.15, 0.2) is 42.2 Å². The number of likely N-dealkylation sites (N-methyl/N-ethyl adjacent to an activating group) is 1. The van der Waals surface area contributed by atoms with Gasteiger partial charge in [0.1, 0.15) is 11.5 Å². The van der Waals surface area contributed by atoms with Crippen molar-refractivity contribution in [2.24, 2.45) is 0 Å². The molecule has 0 bridgehead atoms. The van der Waals surface area contributed by atoms with E-state index in [1.54, 1.807) is 14.2 Å². The van der Waals surface area contributed by atoms with Crippen LogP contribution in [0.25, 0.3) is 0 Å². The molecule has 3 aliphatic heterocycles. The molecule has 0 saturated carbocycles. The van der Waals surface area contributed by atoms with E-state index < -0.39 is 0 Å². The Labute approximate surface area is 215 Å². The second kappa shape index (κ2) is 9.51. The van der Waals surface area contributed by atoms with Gasteiger partial charge in [-0.25, -0.2) is 4.79 Å². The first-order valence-electron chi connectivity index (χ1n) is 13.3. The van der Waals surface area contributed by atoms with Crippen molar-refractivity contribution in [3.63, 3.8) is 0 Å². The van der Waals surface area contributed by atoms with Crippen molar-refractivity contribution in [1.82, 2.24) is 19.3 Å². The number of hydrogen-bond donors (Lipinski definition) is 0.